The molecule has 1 N–H and O–H groups in total. The summed E-state index contributed by atoms with van der Waals surface area (Å²) in [6, 6.07) is 4.76. The van der Waals surface area contributed by atoms with Crippen LogP contribution in [0.2, 0.25) is 16.6 Å². The van der Waals surface area contributed by atoms with Crippen LogP contribution in [-0.4, -0.2) is 53.9 Å². The van der Waals surface area contributed by atoms with Gasteiger partial charge in [-0.3, -0.25) is 14.4 Å². The van der Waals surface area contributed by atoms with E-state index in [1.807, 2.05) is 0 Å². The van der Waals surface area contributed by atoms with Gasteiger partial charge in [-0.1, -0.05) is 53.7 Å². The van der Waals surface area contributed by atoms with Crippen molar-refractivity contribution >= 4 is 25.9 Å². The number of benzene rings is 1. The summed E-state index contributed by atoms with van der Waals surface area (Å²) in [4.78, 5) is 40.1. The van der Waals surface area contributed by atoms with Crippen LogP contribution in [0.15, 0.2) is 18.2 Å². The number of hydrogen-bond acceptors (Lipinski definition) is 7. The SMILES string of the molecule is CC(=O)Oc1cccc2c1C(=O)[C@]13CC[C@]4(O)CCC[C@@H](O[Si](C(C)C)(C(C)C)C(C)C)[C@@H]4[C@]1(O3)C2=O. The molecule has 3 fully saturated rings. The number of carbonyl (C=O) groups is 3. The summed E-state index contributed by atoms with van der Waals surface area (Å²) in [6.07, 6.45) is 2.32. The maximum absolute atomic E-state index is 14.3. The molecule has 3 aliphatic carbocycles. The number of aliphatic hydroxyl groups is 1. The Labute approximate surface area is 220 Å². The number of ketones is 2. The molecule has 0 radical (unpaired) electrons. The fourth-order valence-electron chi connectivity index (χ4n) is 8.48. The van der Waals surface area contributed by atoms with Crippen molar-refractivity contribution in [3.8, 4) is 5.75 Å². The molecule has 0 unspecified atom stereocenters. The van der Waals surface area contributed by atoms with Crippen molar-refractivity contribution in [1.82, 2.24) is 0 Å². The smallest absolute Gasteiger partial charge is 0.308 e. The Balaban J connectivity index is 1.64. The number of carbonyl (C=O) groups excluding carboxylic acids is 3. The third-order valence-electron chi connectivity index (χ3n) is 9.81. The highest BCUT2D eigenvalue weighted by atomic mass is 28.4. The van der Waals surface area contributed by atoms with E-state index in [4.69, 9.17) is 13.9 Å². The molecule has 1 aliphatic heterocycles. The second-order valence-corrected chi connectivity index (χ2v) is 17.9. The predicted molar refractivity (Wildman–Crippen MR) is 140 cm³/mol. The van der Waals surface area contributed by atoms with Crippen LogP contribution in [-0.2, 0) is 14.0 Å². The van der Waals surface area contributed by atoms with Gasteiger partial charge in [-0.15, -0.1) is 0 Å². The van der Waals surface area contributed by atoms with Gasteiger partial charge in [0, 0.05) is 12.5 Å². The lowest BCUT2D eigenvalue weighted by Gasteiger charge is -2.54. The molecule has 202 valence electrons. The van der Waals surface area contributed by atoms with Crippen LogP contribution >= 0.6 is 0 Å². The Kier molecular flexibility index (Phi) is 6.19. The predicted octanol–water partition coefficient (Wildman–Crippen LogP) is 5.38. The molecular weight excluding hydrogens is 488 g/mol. The molecule has 0 bridgehead atoms. The second-order valence-electron chi connectivity index (χ2n) is 12.5. The van der Waals surface area contributed by atoms with Crippen LogP contribution in [0.1, 0.15) is 101 Å². The number of rotatable bonds is 6. The first-order valence-corrected chi connectivity index (χ1v) is 15.9. The van der Waals surface area contributed by atoms with E-state index in [0.29, 0.717) is 29.5 Å². The van der Waals surface area contributed by atoms with E-state index in [0.717, 1.165) is 12.8 Å². The Hall–Kier alpha value is -1.87. The highest BCUT2D eigenvalue weighted by molar-refractivity contribution is 6.77. The lowest BCUT2D eigenvalue weighted by molar-refractivity contribution is -0.132. The number of fused-ring (bicyclic) bond motifs is 2. The molecule has 1 heterocycles. The van der Waals surface area contributed by atoms with Crippen molar-refractivity contribution in [3.63, 3.8) is 0 Å². The average Bonchev–Trinajstić information content (AvgIpc) is 3.52. The minimum atomic E-state index is -2.36. The molecule has 7 nitrogen and oxygen atoms in total. The first-order chi connectivity index (χ1) is 17.3. The van der Waals surface area contributed by atoms with Gasteiger partial charge in [0.15, 0.2) is 17.0 Å². The van der Waals surface area contributed by atoms with Crippen molar-refractivity contribution in [2.24, 2.45) is 5.92 Å². The monoisotopic (exact) mass is 528 g/mol. The molecule has 0 amide bonds. The number of esters is 1. The summed E-state index contributed by atoms with van der Waals surface area (Å²) in [6.45, 7) is 14.6. The van der Waals surface area contributed by atoms with Crippen molar-refractivity contribution < 1.29 is 33.4 Å². The number of ether oxygens (including phenoxy) is 2. The molecule has 0 aromatic heterocycles. The number of epoxide rings is 1. The van der Waals surface area contributed by atoms with E-state index < -0.39 is 37.0 Å². The average molecular weight is 529 g/mol. The molecule has 1 aromatic carbocycles. The van der Waals surface area contributed by atoms with Crippen LogP contribution in [0.3, 0.4) is 0 Å². The van der Waals surface area contributed by atoms with Gasteiger partial charge in [0.2, 0.25) is 14.1 Å². The molecule has 8 heteroatoms. The highest BCUT2D eigenvalue weighted by Gasteiger charge is 2.88. The summed E-state index contributed by atoms with van der Waals surface area (Å²) in [5, 5.41) is 12.0. The van der Waals surface area contributed by atoms with Crippen LogP contribution in [0, 0.1) is 5.92 Å². The van der Waals surface area contributed by atoms with Gasteiger partial charge >= 0.3 is 5.97 Å². The lowest BCUT2D eigenvalue weighted by atomic mass is 9.53. The van der Waals surface area contributed by atoms with Crippen LogP contribution in [0.25, 0.3) is 0 Å². The first-order valence-electron chi connectivity index (χ1n) is 13.8. The normalized spacial score (nSPS) is 34.7. The topological polar surface area (TPSA) is 102 Å². The molecule has 5 atom stereocenters. The largest absolute Gasteiger partial charge is 0.426 e. The summed E-state index contributed by atoms with van der Waals surface area (Å²) in [7, 11) is -2.36. The zero-order valence-corrected chi connectivity index (χ0v) is 24.1. The van der Waals surface area contributed by atoms with Gasteiger partial charge in [0.25, 0.3) is 0 Å². The maximum atomic E-state index is 14.3. The zero-order chi connectivity index (χ0) is 27.1. The third-order valence-corrected chi connectivity index (χ3v) is 15.9. The Morgan fingerprint density at radius 2 is 1.68 bits per heavy atom. The van der Waals surface area contributed by atoms with Gasteiger partial charge < -0.3 is 19.0 Å². The van der Waals surface area contributed by atoms with Crippen molar-refractivity contribution in [1.29, 1.82) is 0 Å². The minimum Gasteiger partial charge on any atom is -0.426 e. The molecule has 5 rings (SSSR count). The lowest BCUT2D eigenvalue weighted by Crippen LogP contribution is -2.67. The first kappa shape index (κ1) is 26.7. The fourth-order valence-corrected chi connectivity index (χ4v) is 14.1. The third kappa shape index (κ3) is 3.38. The molecule has 37 heavy (non-hydrogen) atoms. The summed E-state index contributed by atoms with van der Waals surface area (Å²) < 4.78 is 19.0. The van der Waals surface area contributed by atoms with E-state index in [1.165, 1.54) is 13.0 Å². The van der Waals surface area contributed by atoms with Gasteiger partial charge in [-0.2, -0.15) is 0 Å². The van der Waals surface area contributed by atoms with Crippen molar-refractivity contribution in [2.75, 3.05) is 0 Å². The zero-order valence-electron chi connectivity index (χ0n) is 23.1. The van der Waals surface area contributed by atoms with Crippen LogP contribution in [0.5, 0.6) is 5.75 Å². The minimum absolute atomic E-state index is 0.0879. The van der Waals surface area contributed by atoms with E-state index in [-0.39, 0.29) is 41.0 Å². The van der Waals surface area contributed by atoms with Crippen LogP contribution < -0.4 is 4.74 Å². The maximum Gasteiger partial charge on any atom is 0.308 e. The highest BCUT2D eigenvalue weighted by Crippen LogP contribution is 2.70. The molecular formula is C29H40O7Si. The van der Waals surface area contributed by atoms with Gasteiger partial charge in [-0.25, -0.2) is 0 Å². The molecule has 1 saturated heterocycles. The quantitative estimate of drug-likeness (QED) is 0.229. The Morgan fingerprint density at radius 1 is 1.03 bits per heavy atom. The van der Waals surface area contributed by atoms with Gasteiger partial charge in [0.1, 0.15) is 5.75 Å². The molecule has 1 aromatic rings. The van der Waals surface area contributed by atoms with Crippen molar-refractivity contribution in [2.45, 2.75) is 120 Å². The fraction of sp³-hybridized carbons (Fsp3) is 0.690. The van der Waals surface area contributed by atoms with E-state index in [9.17, 15) is 19.5 Å². The number of hydrogen-bond donors (Lipinski definition) is 1. The Bertz CT molecular complexity index is 1140. The summed E-state index contributed by atoms with van der Waals surface area (Å²) in [5.41, 5.74) is -2.61. The number of Topliss-reactive ketones (excluding diaryl/α,β-unsaturated/α-hetero) is 2. The van der Waals surface area contributed by atoms with E-state index in [2.05, 4.69) is 41.5 Å². The molecule has 4 aliphatic rings. The standard InChI is InChI=1S/C29H40O7Si/c1-16(2)37(17(3)4,18(5)6)35-22-12-9-13-27(33)14-15-28-26(32)23-20(10-8-11-21(23)34-19(7)30)25(31)29(28,36-28)24(22)27/h8,10-11,16-18,22,24,33H,9,12-15H2,1-7H3/t22-,24+,27-,28-,29+/m1/s1. The van der Waals surface area contributed by atoms with Gasteiger partial charge in [-0.05, 0) is 54.8 Å². The van der Waals surface area contributed by atoms with E-state index >= 15 is 0 Å². The second kappa shape index (κ2) is 8.56. The van der Waals surface area contributed by atoms with Crippen molar-refractivity contribution in [3.05, 3.63) is 29.3 Å². The molecule has 2 saturated carbocycles. The van der Waals surface area contributed by atoms with Gasteiger partial charge in [0.05, 0.1) is 23.2 Å². The summed E-state index contributed by atoms with van der Waals surface area (Å²) in [5.74, 6) is -1.74. The van der Waals surface area contributed by atoms with E-state index in [1.54, 1.807) is 12.1 Å². The summed E-state index contributed by atoms with van der Waals surface area (Å²) >= 11 is 0. The Morgan fingerprint density at radius 3 is 2.27 bits per heavy atom. The van der Waals surface area contributed by atoms with Crippen LogP contribution in [0.4, 0.5) is 0 Å². The molecule has 0 spiro atoms.